The Labute approximate surface area is 133 Å². The van der Waals surface area contributed by atoms with Crippen LogP contribution in [0.5, 0.6) is 0 Å². The topological polar surface area (TPSA) is 54.5 Å². The molecule has 1 atom stereocenters. The smallest absolute Gasteiger partial charge is 0.219 e. The first kappa shape index (κ1) is 16.7. The van der Waals surface area contributed by atoms with Gasteiger partial charge in [0.25, 0.3) is 0 Å². The lowest BCUT2D eigenvalue weighted by Crippen LogP contribution is -2.29. The van der Waals surface area contributed by atoms with Crippen molar-refractivity contribution in [1.29, 1.82) is 0 Å². The Morgan fingerprint density at radius 2 is 2.27 bits per heavy atom. The summed E-state index contributed by atoms with van der Waals surface area (Å²) in [6.45, 7) is 4.92. The Balaban J connectivity index is 1.81. The molecule has 5 heteroatoms. The summed E-state index contributed by atoms with van der Waals surface area (Å²) in [5.41, 5.74) is 1.28. The predicted octanol–water partition coefficient (Wildman–Crippen LogP) is 2.33. The first-order valence-corrected chi connectivity index (χ1v) is 8.12. The van der Waals surface area contributed by atoms with Gasteiger partial charge in [-0.3, -0.25) is 4.79 Å². The second-order valence-corrected chi connectivity index (χ2v) is 5.98. The van der Waals surface area contributed by atoms with E-state index in [1.807, 2.05) is 17.2 Å². The third-order valence-corrected chi connectivity index (χ3v) is 4.25. The number of nitrogens with one attached hydrogen (secondary N) is 1. The minimum atomic E-state index is 0.203. The Kier molecular flexibility index (Phi) is 6.65. The molecule has 0 radical (unpaired) electrons. The Morgan fingerprint density at radius 1 is 1.41 bits per heavy atom. The van der Waals surface area contributed by atoms with Crippen LogP contribution in [-0.4, -0.2) is 49.1 Å². The molecule has 122 valence electrons. The lowest BCUT2D eigenvalue weighted by molar-refractivity contribution is -0.128. The van der Waals surface area contributed by atoms with Gasteiger partial charge in [-0.1, -0.05) is 6.07 Å². The molecule has 5 nitrogen and oxygen atoms in total. The number of ether oxygens (including phenoxy) is 1. The molecule has 1 aliphatic heterocycles. The molecule has 0 bridgehead atoms. The number of pyridine rings is 1. The number of hydrogen-bond acceptors (Lipinski definition) is 4. The van der Waals surface area contributed by atoms with E-state index in [9.17, 15) is 4.79 Å². The number of likely N-dealkylation sites (tertiary alicyclic amines) is 1. The second kappa shape index (κ2) is 8.73. The third kappa shape index (κ3) is 5.30. The van der Waals surface area contributed by atoms with Crippen LogP contribution in [0.25, 0.3) is 0 Å². The first-order chi connectivity index (χ1) is 10.7. The minimum absolute atomic E-state index is 0.203. The van der Waals surface area contributed by atoms with Crippen molar-refractivity contribution in [2.24, 2.45) is 5.92 Å². The molecule has 0 spiro atoms. The maximum atomic E-state index is 11.5. The molecular formula is C17H27N3O2. The van der Waals surface area contributed by atoms with Crippen LogP contribution in [0.3, 0.4) is 0 Å². The number of rotatable bonds is 6. The minimum Gasteiger partial charge on any atom is -0.383 e. The highest BCUT2D eigenvalue weighted by molar-refractivity contribution is 5.73. The van der Waals surface area contributed by atoms with Crippen LogP contribution in [0.2, 0.25) is 0 Å². The number of aromatic nitrogens is 1. The molecule has 2 heterocycles. The van der Waals surface area contributed by atoms with Crippen molar-refractivity contribution in [3.8, 4) is 0 Å². The van der Waals surface area contributed by atoms with E-state index in [1.165, 1.54) is 12.0 Å². The second-order valence-electron chi connectivity index (χ2n) is 5.98. The maximum Gasteiger partial charge on any atom is 0.219 e. The number of anilines is 1. The maximum absolute atomic E-state index is 11.5. The van der Waals surface area contributed by atoms with E-state index in [4.69, 9.17) is 4.74 Å². The molecule has 1 saturated heterocycles. The zero-order chi connectivity index (χ0) is 15.8. The van der Waals surface area contributed by atoms with Crippen molar-refractivity contribution in [2.75, 3.05) is 38.7 Å². The van der Waals surface area contributed by atoms with Crippen LogP contribution in [0.4, 0.5) is 5.82 Å². The fourth-order valence-corrected chi connectivity index (χ4v) is 2.95. The van der Waals surface area contributed by atoms with E-state index < -0.39 is 0 Å². The van der Waals surface area contributed by atoms with Gasteiger partial charge in [-0.25, -0.2) is 4.98 Å². The van der Waals surface area contributed by atoms with Crippen LogP contribution in [0.1, 0.15) is 31.7 Å². The molecule has 2 rings (SSSR count). The lowest BCUT2D eigenvalue weighted by atomic mass is 9.93. The number of hydrogen-bond donors (Lipinski definition) is 1. The highest BCUT2D eigenvalue weighted by Gasteiger charge is 2.18. The van der Waals surface area contributed by atoms with Gasteiger partial charge >= 0.3 is 0 Å². The molecule has 0 aromatic carbocycles. The normalized spacial score (nSPS) is 18.8. The van der Waals surface area contributed by atoms with Crippen LogP contribution >= 0.6 is 0 Å². The van der Waals surface area contributed by atoms with Crippen LogP contribution in [0, 0.1) is 5.92 Å². The van der Waals surface area contributed by atoms with Crippen molar-refractivity contribution < 1.29 is 9.53 Å². The van der Waals surface area contributed by atoms with E-state index in [1.54, 1.807) is 14.0 Å². The molecule has 1 aromatic rings. The van der Waals surface area contributed by atoms with E-state index in [0.29, 0.717) is 12.5 Å². The third-order valence-electron chi connectivity index (χ3n) is 4.25. The Bertz CT molecular complexity index is 461. The number of carbonyl (C=O) groups is 1. The SMILES string of the molecule is COCCNc1ccc(C[C@@H]2CCCN(C(C)=O)CC2)cn1. The molecule has 0 aliphatic carbocycles. The summed E-state index contributed by atoms with van der Waals surface area (Å²) < 4.78 is 5.01. The summed E-state index contributed by atoms with van der Waals surface area (Å²) in [5.74, 6) is 1.75. The number of methoxy groups -OCH3 is 1. The fraction of sp³-hybridized carbons (Fsp3) is 0.647. The van der Waals surface area contributed by atoms with Gasteiger partial charge in [-0.05, 0) is 43.2 Å². The van der Waals surface area contributed by atoms with E-state index in [0.717, 1.165) is 44.7 Å². The molecule has 0 saturated carbocycles. The summed E-state index contributed by atoms with van der Waals surface area (Å²) >= 11 is 0. The van der Waals surface area contributed by atoms with Gasteiger partial charge in [0.1, 0.15) is 5.82 Å². The quantitative estimate of drug-likeness (QED) is 0.820. The van der Waals surface area contributed by atoms with Crippen LogP contribution in [-0.2, 0) is 16.0 Å². The average Bonchev–Trinajstić information content (AvgIpc) is 2.75. The molecule has 0 unspecified atom stereocenters. The summed E-state index contributed by atoms with van der Waals surface area (Å²) in [4.78, 5) is 17.9. The molecule has 1 fully saturated rings. The van der Waals surface area contributed by atoms with Crippen molar-refractivity contribution in [1.82, 2.24) is 9.88 Å². The monoisotopic (exact) mass is 305 g/mol. The fourth-order valence-electron chi connectivity index (χ4n) is 2.95. The lowest BCUT2D eigenvalue weighted by Gasteiger charge is -2.18. The van der Waals surface area contributed by atoms with Gasteiger partial charge in [0.15, 0.2) is 0 Å². The molecule has 1 N–H and O–H groups in total. The van der Waals surface area contributed by atoms with E-state index in [-0.39, 0.29) is 5.91 Å². The summed E-state index contributed by atoms with van der Waals surface area (Å²) in [6, 6.07) is 4.18. The average molecular weight is 305 g/mol. The van der Waals surface area contributed by atoms with Crippen molar-refractivity contribution >= 4 is 11.7 Å². The standard InChI is InChI=1S/C17H27N3O2/c1-14(21)20-9-3-4-15(7-10-20)12-16-5-6-17(19-13-16)18-8-11-22-2/h5-6,13,15H,3-4,7-12H2,1-2H3,(H,18,19)/t15-/m1/s1. The van der Waals surface area contributed by atoms with E-state index >= 15 is 0 Å². The van der Waals surface area contributed by atoms with Crippen LogP contribution < -0.4 is 5.32 Å². The number of amides is 1. The Morgan fingerprint density at radius 3 is 2.95 bits per heavy atom. The van der Waals surface area contributed by atoms with Gasteiger partial charge in [0.05, 0.1) is 6.61 Å². The predicted molar refractivity (Wildman–Crippen MR) is 87.9 cm³/mol. The van der Waals surface area contributed by atoms with Crippen molar-refractivity contribution in [3.05, 3.63) is 23.9 Å². The van der Waals surface area contributed by atoms with Gasteiger partial charge in [-0.15, -0.1) is 0 Å². The molecule has 1 amide bonds. The van der Waals surface area contributed by atoms with Gasteiger partial charge in [0, 0.05) is 39.9 Å². The zero-order valence-corrected chi connectivity index (χ0v) is 13.7. The molecule has 22 heavy (non-hydrogen) atoms. The van der Waals surface area contributed by atoms with Gasteiger partial charge in [-0.2, -0.15) is 0 Å². The largest absolute Gasteiger partial charge is 0.383 e. The molecular weight excluding hydrogens is 278 g/mol. The van der Waals surface area contributed by atoms with Crippen LogP contribution in [0.15, 0.2) is 18.3 Å². The summed E-state index contributed by atoms with van der Waals surface area (Å²) in [5, 5.41) is 3.22. The Hall–Kier alpha value is -1.62. The highest BCUT2D eigenvalue weighted by Crippen LogP contribution is 2.22. The molecule has 1 aliphatic rings. The summed E-state index contributed by atoms with van der Waals surface area (Å²) in [6.07, 6.45) is 6.40. The van der Waals surface area contributed by atoms with Gasteiger partial charge < -0.3 is 15.0 Å². The highest BCUT2D eigenvalue weighted by atomic mass is 16.5. The molecule has 1 aromatic heterocycles. The number of nitrogens with zero attached hydrogens (tertiary/aromatic N) is 2. The van der Waals surface area contributed by atoms with Gasteiger partial charge in [0.2, 0.25) is 5.91 Å². The van der Waals surface area contributed by atoms with Crippen molar-refractivity contribution in [3.63, 3.8) is 0 Å². The van der Waals surface area contributed by atoms with Crippen molar-refractivity contribution in [2.45, 2.75) is 32.6 Å². The zero-order valence-electron chi connectivity index (χ0n) is 13.7. The van der Waals surface area contributed by atoms with E-state index in [2.05, 4.69) is 16.4 Å². The first-order valence-electron chi connectivity index (χ1n) is 8.12. The number of carbonyl (C=O) groups excluding carboxylic acids is 1. The summed E-state index contributed by atoms with van der Waals surface area (Å²) in [7, 11) is 1.69.